The Morgan fingerprint density at radius 1 is 1.09 bits per heavy atom. The molecule has 32 heavy (non-hydrogen) atoms. The molecule has 6 rings (SSSR count). The lowest BCUT2D eigenvalue weighted by Gasteiger charge is -2.27. The maximum absolute atomic E-state index is 13.3. The van der Waals surface area contributed by atoms with Gasteiger partial charge in [-0.2, -0.15) is 5.10 Å². The van der Waals surface area contributed by atoms with Crippen LogP contribution in [0.4, 0.5) is 0 Å². The molecule has 0 radical (unpaired) electrons. The second-order valence-corrected chi connectivity index (χ2v) is 8.19. The maximum atomic E-state index is 13.3. The largest absolute Gasteiger partial charge is 0.332 e. The van der Waals surface area contributed by atoms with E-state index in [1.54, 1.807) is 11.0 Å². The van der Waals surface area contributed by atoms with Crippen LogP contribution >= 0.6 is 11.6 Å². The average Bonchev–Trinajstić information content (AvgIpc) is 3.43. The van der Waals surface area contributed by atoms with E-state index in [1.165, 1.54) is 4.52 Å². The van der Waals surface area contributed by atoms with Crippen LogP contribution in [0.15, 0.2) is 59.4 Å². The minimum absolute atomic E-state index is 0.185. The van der Waals surface area contributed by atoms with Crippen molar-refractivity contribution >= 4 is 34.1 Å². The molecule has 2 N–H and O–H groups in total. The number of nitrogens with one attached hydrogen (secondary N) is 2. The number of amides is 1. The highest BCUT2D eigenvalue weighted by Crippen LogP contribution is 2.27. The molecular formula is C23H17ClN6O2. The number of aromatic nitrogens is 5. The van der Waals surface area contributed by atoms with Gasteiger partial charge in [0.2, 0.25) is 0 Å². The summed E-state index contributed by atoms with van der Waals surface area (Å²) in [5, 5.41) is 11.6. The average molecular weight is 445 g/mol. The van der Waals surface area contributed by atoms with Crippen molar-refractivity contribution in [1.82, 2.24) is 29.7 Å². The molecule has 158 valence electrons. The number of halogens is 1. The van der Waals surface area contributed by atoms with Gasteiger partial charge >= 0.3 is 0 Å². The van der Waals surface area contributed by atoms with Gasteiger partial charge in [-0.25, -0.2) is 9.50 Å². The summed E-state index contributed by atoms with van der Waals surface area (Å²) in [5.74, 6) is -0.208. The first kappa shape index (κ1) is 18.8. The highest BCUT2D eigenvalue weighted by molar-refractivity contribution is 6.33. The summed E-state index contributed by atoms with van der Waals surface area (Å²) >= 11 is 6.32. The van der Waals surface area contributed by atoms with E-state index in [9.17, 15) is 9.59 Å². The summed E-state index contributed by atoms with van der Waals surface area (Å²) in [4.78, 5) is 32.8. The van der Waals surface area contributed by atoms with Gasteiger partial charge in [0.15, 0.2) is 11.3 Å². The van der Waals surface area contributed by atoms with Crippen molar-refractivity contribution in [2.45, 2.75) is 13.0 Å². The van der Waals surface area contributed by atoms with Gasteiger partial charge in [0.05, 0.1) is 29.0 Å². The van der Waals surface area contributed by atoms with Crippen molar-refractivity contribution in [2.75, 3.05) is 6.54 Å². The molecule has 0 spiro atoms. The second kappa shape index (κ2) is 7.06. The molecule has 5 aromatic rings. The number of nitrogens with zero attached hydrogens (tertiary/aromatic N) is 4. The molecule has 3 aromatic heterocycles. The number of para-hydroxylation sites is 1. The minimum atomic E-state index is -0.215. The van der Waals surface area contributed by atoms with Crippen molar-refractivity contribution < 1.29 is 4.79 Å². The number of hydrogen-bond acceptors (Lipinski definition) is 4. The lowest BCUT2D eigenvalue weighted by molar-refractivity contribution is 0.0728. The summed E-state index contributed by atoms with van der Waals surface area (Å²) in [6, 6.07) is 16.7. The van der Waals surface area contributed by atoms with Crippen molar-refractivity contribution in [1.29, 1.82) is 0 Å². The molecule has 9 heteroatoms. The van der Waals surface area contributed by atoms with E-state index >= 15 is 0 Å². The predicted octanol–water partition coefficient (Wildman–Crippen LogP) is 3.42. The zero-order chi connectivity index (χ0) is 21.8. The third-order valence-electron chi connectivity index (χ3n) is 5.89. The first-order valence-corrected chi connectivity index (χ1v) is 10.6. The van der Waals surface area contributed by atoms with Crippen LogP contribution in [-0.4, -0.2) is 42.1 Å². The molecule has 0 unspecified atom stereocenters. The smallest absolute Gasteiger partial charge is 0.277 e. The summed E-state index contributed by atoms with van der Waals surface area (Å²) in [6.07, 6.45) is 0.502. The quantitative estimate of drug-likeness (QED) is 0.435. The molecule has 4 heterocycles. The van der Waals surface area contributed by atoms with Crippen LogP contribution in [0.5, 0.6) is 0 Å². The van der Waals surface area contributed by atoms with E-state index in [0.29, 0.717) is 40.6 Å². The van der Waals surface area contributed by atoms with Crippen molar-refractivity contribution in [3.05, 3.63) is 86.9 Å². The van der Waals surface area contributed by atoms with Gasteiger partial charge in [-0.05, 0) is 12.1 Å². The van der Waals surface area contributed by atoms with E-state index in [-0.39, 0.29) is 18.0 Å². The fourth-order valence-electron chi connectivity index (χ4n) is 4.25. The van der Waals surface area contributed by atoms with Crippen LogP contribution < -0.4 is 5.56 Å². The zero-order valence-corrected chi connectivity index (χ0v) is 17.6. The Balaban J connectivity index is 1.38. The molecule has 0 aliphatic carbocycles. The highest BCUT2D eigenvalue weighted by Gasteiger charge is 2.28. The zero-order valence-electron chi connectivity index (χ0n) is 16.8. The topological polar surface area (TPSA) is 99.2 Å². The molecule has 0 atom stereocenters. The SMILES string of the molecule is O=C(c1n[nH]c2ccccc12)N1CCc2nc3cc(-c4ccccc4Cl)[nH]n3c(=O)c2C1. The molecule has 0 bridgehead atoms. The van der Waals surface area contributed by atoms with Crippen molar-refractivity contribution in [3.8, 4) is 11.3 Å². The fraction of sp³-hybridized carbons (Fsp3) is 0.130. The number of hydrogen-bond donors (Lipinski definition) is 2. The van der Waals surface area contributed by atoms with Crippen molar-refractivity contribution in [2.24, 2.45) is 0 Å². The summed E-state index contributed by atoms with van der Waals surface area (Å²) in [5.41, 5.74) is 4.20. The Morgan fingerprint density at radius 2 is 1.91 bits per heavy atom. The number of aromatic amines is 2. The number of fused-ring (bicyclic) bond motifs is 3. The Bertz CT molecular complexity index is 1580. The Kier molecular flexibility index (Phi) is 4.16. The highest BCUT2D eigenvalue weighted by atomic mass is 35.5. The lowest BCUT2D eigenvalue weighted by Crippen LogP contribution is -2.40. The van der Waals surface area contributed by atoms with Gasteiger partial charge < -0.3 is 4.90 Å². The second-order valence-electron chi connectivity index (χ2n) is 7.78. The first-order valence-electron chi connectivity index (χ1n) is 10.2. The number of H-pyrrole nitrogens is 2. The maximum Gasteiger partial charge on any atom is 0.277 e. The molecule has 8 nitrogen and oxygen atoms in total. The Labute approximate surface area is 186 Å². The summed E-state index contributed by atoms with van der Waals surface area (Å²) in [6.45, 7) is 0.655. The number of carbonyl (C=O) groups is 1. The molecule has 1 aliphatic heterocycles. The number of carbonyl (C=O) groups excluding carboxylic acids is 1. The Hall–Kier alpha value is -3.91. The van der Waals surface area contributed by atoms with Gasteiger partial charge in [-0.15, -0.1) is 0 Å². The summed E-state index contributed by atoms with van der Waals surface area (Å²) < 4.78 is 1.41. The Morgan fingerprint density at radius 3 is 2.78 bits per heavy atom. The third-order valence-corrected chi connectivity index (χ3v) is 6.22. The van der Waals surface area contributed by atoms with Gasteiger partial charge in [0.1, 0.15) is 0 Å². The molecule has 1 aliphatic rings. The minimum Gasteiger partial charge on any atom is -0.332 e. The third kappa shape index (κ3) is 2.84. The molecule has 0 saturated heterocycles. The normalized spacial score (nSPS) is 13.6. The van der Waals surface area contributed by atoms with Crippen LogP contribution in [0.2, 0.25) is 5.02 Å². The van der Waals surface area contributed by atoms with Gasteiger partial charge in [-0.1, -0.05) is 48.0 Å². The number of benzene rings is 2. The monoisotopic (exact) mass is 444 g/mol. The molecule has 1 amide bonds. The van der Waals surface area contributed by atoms with E-state index in [1.807, 2.05) is 48.5 Å². The summed E-state index contributed by atoms with van der Waals surface area (Å²) in [7, 11) is 0. The van der Waals surface area contributed by atoms with Gasteiger partial charge in [0.25, 0.3) is 11.5 Å². The first-order chi connectivity index (χ1) is 15.6. The van der Waals surface area contributed by atoms with Crippen molar-refractivity contribution in [3.63, 3.8) is 0 Å². The molecule has 0 fully saturated rings. The fourth-order valence-corrected chi connectivity index (χ4v) is 4.49. The van der Waals surface area contributed by atoms with E-state index in [0.717, 1.165) is 22.2 Å². The lowest BCUT2D eigenvalue weighted by atomic mass is 10.1. The van der Waals surface area contributed by atoms with E-state index in [4.69, 9.17) is 11.6 Å². The molecule has 0 saturated carbocycles. The van der Waals surface area contributed by atoms with Crippen LogP contribution in [0.3, 0.4) is 0 Å². The van der Waals surface area contributed by atoms with E-state index in [2.05, 4.69) is 20.3 Å². The molecule has 2 aromatic carbocycles. The van der Waals surface area contributed by atoms with E-state index < -0.39 is 0 Å². The van der Waals surface area contributed by atoms with Crippen LogP contribution in [0, 0.1) is 0 Å². The van der Waals surface area contributed by atoms with Gasteiger partial charge in [0, 0.05) is 35.0 Å². The standard InChI is InChI=1S/C23H17ClN6O2/c24-16-7-3-1-5-13(16)19-11-20-25-17-9-10-29(12-15(17)22(31)30(20)28-19)23(32)21-14-6-2-4-8-18(14)26-27-21/h1-8,11,28H,9-10,12H2,(H,26,27). The van der Waals surface area contributed by atoms with Crippen LogP contribution in [-0.2, 0) is 13.0 Å². The van der Waals surface area contributed by atoms with Gasteiger partial charge in [-0.3, -0.25) is 19.8 Å². The molecular weight excluding hydrogens is 428 g/mol. The number of rotatable bonds is 2. The predicted molar refractivity (Wildman–Crippen MR) is 121 cm³/mol. The van der Waals surface area contributed by atoms with Crippen LogP contribution in [0.1, 0.15) is 21.7 Å². The van der Waals surface area contributed by atoms with Crippen LogP contribution in [0.25, 0.3) is 27.8 Å².